The number of nitrogens with one attached hydrogen (secondary N) is 2. The monoisotopic (exact) mass is 374 g/mol. The molecular weight excluding hydrogens is 360 g/mol. The van der Waals surface area contributed by atoms with Crippen LogP contribution >= 0.6 is 11.6 Å². The van der Waals surface area contributed by atoms with Gasteiger partial charge in [0.15, 0.2) is 0 Å². The van der Waals surface area contributed by atoms with Gasteiger partial charge in [0.05, 0.1) is 5.69 Å². The normalized spacial score (nSPS) is 11.1. The number of carbonyl (C=O) groups excluding carboxylic acids is 1. The van der Waals surface area contributed by atoms with Crippen molar-refractivity contribution in [1.29, 1.82) is 0 Å². The van der Waals surface area contributed by atoms with Gasteiger partial charge in [0.1, 0.15) is 5.69 Å². The van der Waals surface area contributed by atoms with Gasteiger partial charge >= 0.3 is 0 Å². The maximum Gasteiger partial charge on any atom is 0.255 e. The van der Waals surface area contributed by atoms with E-state index in [0.29, 0.717) is 22.0 Å². The Hall–Kier alpha value is -3.44. The first kappa shape index (κ1) is 17.0. The number of anilines is 1. The molecule has 0 saturated carbocycles. The molecule has 0 aliphatic carbocycles. The number of azo groups is 1. The minimum atomic E-state index is -0.197. The zero-order chi connectivity index (χ0) is 18.6. The predicted octanol–water partition coefficient (Wildman–Crippen LogP) is 6.49. The molecule has 0 aliphatic heterocycles. The maximum absolute atomic E-state index is 12.3. The van der Waals surface area contributed by atoms with E-state index in [9.17, 15) is 4.79 Å². The highest BCUT2D eigenvalue weighted by Gasteiger charge is 2.06. The molecule has 5 nitrogen and oxygen atoms in total. The zero-order valence-electron chi connectivity index (χ0n) is 14.2. The summed E-state index contributed by atoms with van der Waals surface area (Å²) >= 11 is 5.85. The molecule has 0 bridgehead atoms. The van der Waals surface area contributed by atoms with Crippen molar-refractivity contribution < 1.29 is 4.79 Å². The molecule has 2 N–H and O–H groups in total. The Bertz CT molecular complexity index is 1120. The summed E-state index contributed by atoms with van der Waals surface area (Å²) in [6.07, 6.45) is 1.82. The molecule has 4 aromatic rings. The number of rotatable bonds is 4. The quantitative estimate of drug-likeness (QED) is 0.394. The average molecular weight is 375 g/mol. The van der Waals surface area contributed by atoms with Crippen LogP contribution in [0.2, 0.25) is 5.02 Å². The highest BCUT2D eigenvalue weighted by atomic mass is 35.5. The molecule has 4 rings (SSSR count). The van der Waals surface area contributed by atoms with Crippen LogP contribution in [-0.2, 0) is 0 Å². The third-order valence-corrected chi connectivity index (χ3v) is 4.32. The van der Waals surface area contributed by atoms with Gasteiger partial charge in [-0.1, -0.05) is 29.8 Å². The van der Waals surface area contributed by atoms with Gasteiger partial charge in [-0.2, -0.15) is 5.11 Å². The second-order valence-corrected chi connectivity index (χ2v) is 6.36. The van der Waals surface area contributed by atoms with Gasteiger partial charge in [-0.3, -0.25) is 4.79 Å². The minimum absolute atomic E-state index is 0.197. The number of hydrogen-bond acceptors (Lipinski definition) is 3. The van der Waals surface area contributed by atoms with E-state index >= 15 is 0 Å². The molecule has 0 fully saturated rings. The van der Waals surface area contributed by atoms with Crippen molar-refractivity contribution in [2.75, 3.05) is 5.32 Å². The molecule has 1 amide bonds. The molecule has 0 atom stereocenters. The van der Waals surface area contributed by atoms with E-state index in [4.69, 9.17) is 11.6 Å². The fourth-order valence-corrected chi connectivity index (χ4v) is 2.79. The number of aromatic nitrogens is 1. The molecule has 0 radical (unpaired) electrons. The number of amides is 1. The van der Waals surface area contributed by atoms with Crippen LogP contribution in [0.1, 0.15) is 10.4 Å². The molecule has 0 spiro atoms. The van der Waals surface area contributed by atoms with Crippen LogP contribution in [0.15, 0.2) is 89.2 Å². The Morgan fingerprint density at radius 2 is 1.63 bits per heavy atom. The Kier molecular flexibility index (Phi) is 4.68. The standard InChI is InChI=1S/C21H15ClN4O/c22-15-7-11-16(12-8-15)24-21(27)14-5-9-17(10-6-14)25-26-20-13-23-19-4-2-1-3-18(19)20/h1-13,23H,(H,24,27). The van der Waals surface area contributed by atoms with Crippen LogP contribution in [0, 0.1) is 0 Å². The molecule has 1 heterocycles. The van der Waals surface area contributed by atoms with Crippen molar-refractivity contribution in [1.82, 2.24) is 4.98 Å². The van der Waals surface area contributed by atoms with Gasteiger partial charge in [0, 0.05) is 33.4 Å². The van der Waals surface area contributed by atoms with E-state index in [1.807, 2.05) is 30.5 Å². The molecule has 132 valence electrons. The SMILES string of the molecule is O=C(Nc1ccc(Cl)cc1)c1ccc(N=Nc2c[nH]c3ccccc23)cc1. The number of halogens is 1. The number of H-pyrrole nitrogens is 1. The number of nitrogens with zero attached hydrogens (tertiary/aromatic N) is 2. The molecule has 6 heteroatoms. The molecular formula is C21H15ClN4O. The van der Waals surface area contributed by atoms with Crippen molar-refractivity contribution in [3.63, 3.8) is 0 Å². The van der Waals surface area contributed by atoms with Gasteiger partial charge in [0.2, 0.25) is 0 Å². The van der Waals surface area contributed by atoms with Crippen LogP contribution in [0.5, 0.6) is 0 Å². The Morgan fingerprint density at radius 1 is 0.889 bits per heavy atom. The highest BCUT2D eigenvalue weighted by molar-refractivity contribution is 6.30. The summed E-state index contributed by atoms with van der Waals surface area (Å²) in [5.74, 6) is -0.197. The molecule has 0 aliphatic rings. The number of carbonyl (C=O) groups is 1. The second kappa shape index (κ2) is 7.43. The van der Waals surface area contributed by atoms with Crippen molar-refractivity contribution in [3.8, 4) is 0 Å². The van der Waals surface area contributed by atoms with Crippen molar-refractivity contribution in [2.24, 2.45) is 10.2 Å². The lowest BCUT2D eigenvalue weighted by Gasteiger charge is -2.05. The van der Waals surface area contributed by atoms with Gasteiger partial charge in [-0.05, 0) is 54.6 Å². The van der Waals surface area contributed by atoms with Crippen molar-refractivity contribution >= 4 is 45.5 Å². The zero-order valence-corrected chi connectivity index (χ0v) is 14.9. The van der Waals surface area contributed by atoms with Gasteiger partial charge in [-0.15, -0.1) is 5.11 Å². The lowest BCUT2D eigenvalue weighted by molar-refractivity contribution is 0.102. The Morgan fingerprint density at radius 3 is 2.41 bits per heavy atom. The topological polar surface area (TPSA) is 69.6 Å². The first-order valence-electron chi connectivity index (χ1n) is 8.34. The van der Waals surface area contributed by atoms with E-state index in [1.165, 1.54) is 0 Å². The third kappa shape index (κ3) is 3.88. The molecule has 1 aromatic heterocycles. The molecule has 3 aromatic carbocycles. The van der Waals surface area contributed by atoms with E-state index in [0.717, 1.165) is 16.6 Å². The van der Waals surface area contributed by atoms with Crippen LogP contribution in [-0.4, -0.2) is 10.9 Å². The Labute approximate surface area is 160 Å². The third-order valence-electron chi connectivity index (χ3n) is 4.07. The van der Waals surface area contributed by atoms with E-state index < -0.39 is 0 Å². The molecule has 0 unspecified atom stereocenters. The maximum atomic E-state index is 12.3. The largest absolute Gasteiger partial charge is 0.359 e. The summed E-state index contributed by atoms with van der Waals surface area (Å²) in [7, 11) is 0. The van der Waals surface area contributed by atoms with E-state index in [-0.39, 0.29) is 5.91 Å². The summed E-state index contributed by atoms with van der Waals surface area (Å²) in [4.78, 5) is 15.5. The first-order valence-corrected chi connectivity index (χ1v) is 8.72. The van der Waals surface area contributed by atoms with Gasteiger partial charge < -0.3 is 10.3 Å². The van der Waals surface area contributed by atoms with E-state index in [1.54, 1.807) is 48.5 Å². The number of fused-ring (bicyclic) bond motifs is 1. The summed E-state index contributed by atoms with van der Waals surface area (Å²) < 4.78 is 0. The number of hydrogen-bond donors (Lipinski definition) is 2. The first-order chi connectivity index (χ1) is 13.2. The van der Waals surface area contributed by atoms with E-state index in [2.05, 4.69) is 20.5 Å². The number of benzene rings is 3. The van der Waals surface area contributed by atoms with Gasteiger partial charge in [-0.25, -0.2) is 0 Å². The Balaban J connectivity index is 1.47. The highest BCUT2D eigenvalue weighted by Crippen LogP contribution is 2.27. The second-order valence-electron chi connectivity index (χ2n) is 5.93. The fraction of sp³-hybridized carbons (Fsp3) is 0. The lowest BCUT2D eigenvalue weighted by Crippen LogP contribution is -2.11. The summed E-state index contributed by atoms with van der Waals surface area (Å²) in [5, 5.41) is 13.0. The fourth-order valence-electron chi connectivity index (χ4n) is 2.67. The van der Waals surface area contributed by atoms with Crippen molar-refractivity contribution in [2.45, 2.75) is 0 Å². The smallest absolute Gasteiger partial charge is 0.255 e. The summed E-state index contributed by atoms with van der Waals surface area (Å²) in [6.45, 7) is 0. The number of para-hydroxylation sites is 1. The average Bonchev–Trinajstić information content (AvgIpc) is 3.12. The molecule has 27 heavy (non-hydrogen) atoms. The number of aromatic amines is 1. The van der Waals surface area contributed by atoms with Crippen molar-refractivity contribution in [3.05, 3.63) is 89.6 Å². The van der Waals surface area contributed by atoms with Crippen LogP contribution in [0.4, 0.5) is 17.1 Å². The summed E-state index contributed by atoms with van der Waals surface area (Å²) in [6, 6.07) is 21.8. The lowest BCUT2D eigenvalue weighted by atomic mass is 10.2. The predicted molar refractivity (Wildman–Crippen MR) is 108 cm³/mol. The molecule has 0 saturated heterocycles. The van der Waals surface area contributed by atoms with Crippen LogP contribution < -0.4 is 5.32 Å². The van der Waals surface area contributed by atoms with Crippen LogP contribution in [0.25, 0.3) is 10.9 Å². The van der Waals surface area contributed by atoms with Crippen LogP contribution in [0.3, 0.4) is 0 Å². The summed E-state index contributed by atoms with van der Waals surface area (Å²) in [5.41, 5.74) is 3.68. The minimum Gasteiger partial charge on any atom is -0.359 e. The van der Waals surface area contributed by atoms with Gasteiger partial charge in [0.25, 0.3) is 5.91 Å².